The van der Waals surface area contributed by atoms with Crippen molar-refractivity contribution in [2.45, 2.75) is 26.9 Å². The average Bonchev–Trinajstić information content (AvgIpc) is 3.45. The summed E-state index contributed by atoms with van der Waals surface area (Å²) in [5.41, 5.74) is 4.49. The van der Waals surface area contributed by atoms with Crippen molar-refractivity contribution in [3.63, 3.8) is 0 Å². The molecule has 9 nitrogen and oxygen atoms in total. The van der Waals surface area contributed by atoms with E-state index in [4.69, 9.17) is 0 Å². The molecule has 0 saturated heterocycles. The molecule has 3 aromatic heterocycles. The quantitative estimate of drug-likeness (QED) is 0.348. The molecule has 4 aromatic rings. The van der Waals surface area contributed by atoms with E-state index in [9.17, 15) is 14.9 Å². The number of aromatic nitrogens is 4. The summed E-state index contributed by atoms with van der Waals surface area (Å²) in [5, 5.41) is 23.9. The lowest BCUT2D eigenvalue weighted by Gasteiger charge is -2.02. The maximum absolute atomic E-state index is 12.6. The Hall–Kier alpha value is -3.79. The molecule has 1 amide bonds. The zero-order valence-electron chi connectivity index (χ0n) is 17.0. The van der Waals surface area contributed by atoms with Crippen LogP contribution in [0.1, 0.15) is 32.1 Å². The molecule has 0 aliphatic rings. The maximum atomic E-state index is 12.6. The SMILES string of the molecule is Cc1ccc(Cn2cc(NC(=O)c3cc(Cn4nc([N+](=O)[O-])cc4C)cs3)cn2)cc1. The summed E-state index contributed by atoms with van der Waals surface area (Å²) in [4.78, 5) is 23.5. The largest absolute Gasteiger partial charge is 0.390 e. The molecule has 0 saturated carbocycles. The van der Waals surface area contributed by atoms with Gasteiger partial charge in [0.25, 0.3) is 5.91 Å². The summed E-state index contributed by atoms with van der Waals surface area (Å²) in [6.07, 6.45) is 3.41. The highest BCUT2D eigenvalue weighted by Crippen LogP contribution is 2.20. The van der Waals surface area contributed by atoms with Gasteiger partial charge in [-0.25, -0.2) is 0 Å². The molecule has 0 atom stereocenters. The van der Waals surface area contributed by atoms with Crippen molar-refractivity contribution in [2.75, 3.05) is 5.32 Å². The van der Waals surface area contributed by atoms with Crippen molar-refractivity contribution >= 4 is 28.7 Å². The number of rotatable bonds is 7. The van der Waals surface area contributed by atoms with Gasteiger partial charge in [0.2, 0.25) is 0 Å². The highest BCUT2D eigenvalue weighted by atomic mass is 32.1. The van der Waals surface area contributed by atoms with Crippen LogP contribution in [-0.4, -0.2) is 30.4 Å². The minimum Gasteiger partial charge on any atom is -0.358 e. The number of benzene rings is 1. The Kier molecular flexibility index (Phi) is 5.63. The fourth-order valence-corrected chi connectivity index (χ4v) is 3.88. The predicted molar refractivity (Wildman–Crippen MR) is 118 cm³/mol. The Bertz CT molecular complexity index is 1240. The molecule has 10 heteroatoms. The number of aryl methyl sites for hydroxylation is 2. The number of anilines is 1. The Labute approximate surface area is 182 Å². The monoisotopic (exact) mass is 436 g/mol. The molecule has 0 aliphatic carbocycles. The molecule has 0 aliphatic heterocycles. The number of nitrogens with one attached hydrogen (secondary N) is 1. The van der Waals surface area contributed by atoms with E-state index in [1.54, 1.807) is 34.7 Å². The first-order valence-corrected chi connectivity index (χ1v) is 10.4. The van der Waals surface area contributed by atoms with E-state index in [1.165, 1.54) is 23.0 Å². The zero-order chi connectivity index (χ0) is 22.0. The Balaban J connectivity index is 1.38. The van der Waals surface area contributed by atoms with E-state index < -0.39 is 4.92 Å². The van der Waals surface area contributed by atoms with Crippen molar-refractivity contribution in [3.8, 4) is 0 Å². The first-order valence-electron chi connectivity index (χ1n) is 9.53. The molecule has 0 fully saturated rings. The van der Waals surface area contributed by atoms with E-state index >= 15 is 0 Å². The van der Waals surface area contributed by atoms with Crippen LogP contribution in [0, 0.1) is 24.0 Å². The number of nitro groups is 1. The third-order valence-electron chi connectivity index (χ3n) is 4.72. The van der Waals surface area contributed by atoms with Crippen molar-refractivity contribution in [1.82, 2.24) is 19.6 Å². The van der Waals surface area contributed by atoms with Crippen molar-refractivity contribution in [2.24, 2.45) is 0 Å². The number of nitrogens with zero attached hydrogens (tertiary/aromatic N) is 5. The molecule has 1 aromatic carbocycles. The molecule has 4 rings (SSSR count). The molecule has 0 bridgehead atoms. The third-order valence-corrected chi connectivity index (χ3v) is 5.70. The van der Waals surface area contributed by atoms with Crippen LogP contribution in [0.4, 0.5) is 11.5 Å². The molecule has 0 radical (unpaired) electrons. The summed E-state index contributed by atoms with van der Waals surface area (Å²) in [6, 6.07) is 11.4. The van der Waals surface area contributed by atoms with E-state index in [0.717, 1.165) is 11.1 Å². The molecule has 31 heavy (non-hydrogen) atoms. The van der Waals surface area contributed by atoms with Crippen LogP contribution in [0.15, 0.2) is 54.2 Å². The van der Waals surface area contributed by atoms with Gasteiger partial charge < -0.3 is 15.4 Å². The lowest BCUT2D eigenvalue weighted by atomic mass is 10.1. The second kappa shape index (κ2) is 8.52. The number of carbonyl (C=O) groups excluding carboxylic acids is 1. The second-order valence-corrected chi connectivity index (χ2v) is 8.16. The highest BCUT2D eigenvalue weighted by molar-refractivity contribution is 7.12. The fraction of sp³-hybridized carbons (Fsp3) is 0.190. The van der Waals surface area contributed by atoms with Crippen LogP contribution >= 0.6 is 11.3 Å². The Morgan fingerprint density at radius 1 is 1.16 bits per heavy atom. The summed E-state index contributed by atoms with van der Waals surface area (Å²) < 4.78 is 3.32. The fourth-order valence-electron chi connectivity index (χ4n) is 3.08. The van der Waals surface area contributed by atoms with Gasteiger partial charge in [-0.1, -0.05) is 29.8 Å². The molecule has 0 spiro atoms. The van der Waals surface area contributed by atoms with Crippen molar-refractivity contribution < 1.29 is 9.72 Å². The van der Waals surface area contributed by atoms with Gasteiger partial charge in [-0.3, -0.25) is 9.48 Å². The standard InChI is InChI=1S/C21H20N6O3S/c1-14-3-5-16(6-4-14)10-25-12-18(9-22-25)23-21(28)19-8-17(13-31-19)11-26-15(2)7-20(24-26)27(29)30/h3-9,12-13H,10-11H2,1-2H3,(H,23,28). The molecule has 1 N–H and O–H groups in total. The van der Waals surface area contributed by atoms with Gasteiger partial charge in [0, 0.05) is 6.20 Å². The smallest absolute Gasteiger partial charge is 0.358 e. The van der Waals surface area contributed by atoms with Gasteiger partial charge in [-0.15, -0.1) is 11.3 Å². The normalized spacial score (nSPS) is 10.9. The summed E-state index contributed by atoms with van der Waals surface area (Å²) in [7, 11) is 0. The summed E-state index contributed by atoms with van der Waals surface area (Å²) in [5.74, 6) is -0.414. The summed E-state index contributed by atoms with van der Waals surface area (Å²) >= 11 is 1.31. The first-order chi connectivity index (χ1) is 14.9. The topological polar surface area (TPSA) is 108 Å². The molecule has 3 heterocycles. The molecular weight excluding hydrogens is 416 g/mol. The van der Waals surface area contributed by atoms with Crippen molar-refractivity contribution in [3.05, 3.63) is 91.5 Å². The van der Waals surface area contributed by atoms with Gasteiger partial charge >= 0.3 is 5.82 Å². The highest BCUT2D eigenvalue weighted by Gasteiger charge is 2.17. The zero-order valence-corrected chi connectivity index (χ0v) is 17.8. The number of hydrogen-bond donors (Lipinski definition) is 1. The molecular formula is C21H20N6O3S. The number of carbonyl (C=O) groups is 1. The van der Waals surface area contributed by atoms with Crippen LogP contribution in [0.2, 0.25) is 0 Å². The van der Waals surface area contributed by atoms with E-state index in [1.807, 2.05) is 12.3 Å². The van der Waals surface area contributed by atoms with Gasteiger partial charge in [-0.2, -0.15) is 9.78 Å². The minimum atomic E-state index is -0.519. The number of amides is 1. The van der Waals surface area contributed by atoms with Gasteiger partial charge in [0.15, 0.2) is 0 Å². The molecule has 158 valence electrons. The van der Waals surface area contributed by atoms with E-state index in [-0.39, 0.29) is 11.7 Å². The van der Waals surface area contributed by atoms with Crippen LogP contribution in [-0.2, 0) is 13.1 Å². The lowest BCUT2D eigenvalue weighted by Crippen LogP contribution is -2.10. The van der Waals surface area contributed by atoms with Gasteiger partial charge in [-0.05, 0) is 41.3 Å². The van der Waals surface area contributed by atoms with Crippen LogP contribution in [0.3, 0.4) is 0 Å². The minimum absolute atomic E-state index is 0.187. The van der Waals surface area contributed by atoms with Crippen LogP contribution in [0.25, 0.3) is 0 Å². The second-order valence-electron chi connectivity index (χ2n) is 7.24. The van der Waals surface area contributed by atoms with E-state index in [0.29, 0.717) is 29.3 Å². The number of thiophene rings is 1. The third kappa shape index (κ3) is 4.86. The van der Waals surface area contributed by atoms with E-state index in [2.05, 4.69) is 39.8 Å². The maximum Gasteiger partial charge on any atom is 0.390 e. The Morgan fingerprint density at radius 3 is 2.65 bits per heavy atom. The number of hydrogen-bond acceptors (Lipinski definition) is 6. The van der Waals surface area contributed by atoms with Crippen molar-refractivity contribution in [1.29, 1.82) is 0 Å². The van der Waals surface area contributed by atoms with Gasteiger partial charge in [0.1, 0.15) is 0 Å². The van der Waals surface area contributed by atoms with Crippen LogP contribution in [0.5, 0.6) is 0 Å². The average molecular weight is 436 g/mol. The molecule has 0 unspecified atom stereocenters. The summed E-state index contributed by atoms with van der Waals surface area (Å²) in [6.45, 7) is 4.78. The Morgan fingerprint density at radius 2 is 1.94 bits per heavy atom. The van der Waals surface area contributed by atoms with Gasteiger partial charge in [0.05, 0.1) is 46.7 Å². The first kappa shape index (κ1) is 20.5. The lowest BCUT2D eigenvalue weighted by molar-refractivity contribution is -0.389. The predicted octanol–water partition coefficient (Wildman–Crippen LogP) is 4.02. The van der Waals surface area contributed by atoms with Crippen LogP contribution < -0.4 is 5.32 Å².